The number of rotatable bonds is 8. The first-order chi connectivity index (χ1) is 21.6. The van der Waals surface area contributed by atoms with Crippen LogP contribution in [0, 0.1) is 41.5 Å². The zero-order valence-corrected chi connectivity index (χ0v) is 29.1. The summed E-state index contributed by atoms with van der Waals surface area (Å²) in [7, 11) is 0. The molecule has 0 atom stereocenters. The molecule has 238 valence electrons. The molecule has 0 aliphatic rings. The van der Waals surface area contributed by atoms with Gasteiger partial charge in [0.1, 0.15) is 23.0 Å². The lowest BCUT2D eigenvalue weighted by atomic mass is 9.72. The van der Waals surface area contributed by atoms with Crippen LogP contribution in [0.4, 0.5) is 11.4 Å². The smallest absolute Gasteiger partial charge is 0.132 e. The van der Waals surface area contributed by atoms with E-state index in [1.165, 1.54) is 33.4 Å². The lowest BCUT2D eigenvalue weighted by Gasteiger charge is -2.32. The van der Waals surface area contributed by atoms with E-state index in [1.54, 1.807) is 0 Å². The summed E-state index contributed by atoms with van der Waals surface area (Å²) in [5, 5.41) is 0. The Balaban J connectivity index is 1.41. The van der Waals surface area contributed by atoms with Crippen LogP contribution in [0.25, 0.3) is 0 Å². The molecule has 0 radical (unpaired) electrons. The van der Waals surface area contributed by atoms with E-state index < -0.39 is 0 Å². The van der Waals surface area contributed by atoms with Crippen molar-refractivity contribution in [2.45, 2.75) is 80.1 Å². The molecule has 0 aliphatic heterocycles. The fourth-order valence-electron chi connectivity index (χ4n) is 6.47. The van der Waals surface area contributed by atoms with E-state index in [9.17, 15) is 0 Å². The number of anilines is 2. The molecule has 5 rings (SSSR count). The Bertz CT molecular complexity index is 1780. The third-order valence-electron chi connectivity index (χ3n) is 10.0. The summed E-state index contributed by atoms with van der Waals surface area (Å²) in [6, 6.07) is 29.3. The number of hydrogen-bond donors (Lipinski definition) is 2. The molecule has 0 amide bonds. The first-order valence-electron chi connectivity index (χ1n) is 16.0. The monoisotopic (exact) mass is 612 g/mol. The Kier molecular flexibility index (Phi) is 8.70. The lowest BCUT2D eigenvalue weighted by Crippen LogP contribution is -2.23. The second-order valence-electron chi connectivity index (χ2n) is 13.8. The lowest BCUT2D eigenvalue weighted by molar-refractivity contribution is 0.473. The van der Waals surface area contributed by atoms with Crippen LogP contribution in [-0.2, 0) is 10.8 Å². The van der Waals surface area contributed by atoms with Crippen LogP contribution in [0.5, 0.6) is 23.0 Å². The molecule has 0 saturated heterocycles. The molecule has 0 heterocycles. The summed E-state index contributed by atoms with van der Waals surface area (Å²) in [6.07, 6.45) is 0. The minimum atomic E-state index is -0.201. The number of hydrogen-bond acceptors (Lipinski definition) is 4. The normalized spacial score (nSPS) is 11.9. The van der Waals surface area contributed by atoms with E-state index in [4.69, 9.17) is 20.9 Å². The van der Waals surface area contributed by atoms with Crippen LogP contribution in [-0.4, -0.2) is 0 Å². The highest BCUT2D eigenvalue weighted by molar-refractivity contribution is 5.56. The molecule has 0 saturated carbocycles. The zero-order valence-electron chi connectivity index (χ0n) is 29.1. The van der Waals surface area contributed by atoms with Crippen molar-refractivity contribution in [1.82, 2.24) is 0 Å². The highest BCUT2D eigenvalue weighted by Gasteiger charge is 2.30. The van der Waals surface area contributed by atoms with Crippen molar-refractivity contribution in [1.29, 1.82) is 0 Å². The minimum absolute atomic E-state index is 0.201. The first kappa shape index (κ1) is 32.7. The van der Waals surface area contributed by atoms with Crippen molar-refractivity contribution in [3.05, 3.63) is 141 Å². The largest absolute Gasteiger partial charge is 0.457 e. The second-order valence-corrected chi connectivity index (χ2v) is 13.8. The summed E-state index contributed by atoms with van der Waals surface area (Å²) >= 11 is 0. The van der Waals surface area contributed by atoms with Crippen LogP contribution in [0.2, 0.25) is 0 Å². The maximum Gasteiger partial charge on any atom is 0.132 e. The molecule has 0 aliphatic carbocycles. The predicted octanol–water partition coefficient (Wildman–Crippen LogP) is 10.9. The molecule has 46 heavy (non-hydrogen) atoms. The van der Waals surface area contributed by atoms with Gasteiger partial charge < -0.3 is 20.9 Å². The van der Waals surface area contributed by atoms with Gasteiger partial charge in [-0.1, -0.05) is 76.2 Å². The van der Waals surface area contributed by atoms with Crippen LogP contribution in [0.1, 0.15) is 83.3 Å². The second kappa shape index (κ2) is 12.2. The summed E-state index contributed by atoms with van der Waals surface area (Å²) < 4.78 is 12.7. The summed E-state index contributed by atoms with van der Waals surface area (Å²) in [4.78, 5) is 0. The third-order valence-corrected chi connectivity index (χ3v) is 10.0. The Morgan fingerprint density at radius 2 is 0.761 bits per heavy atom. The molecule has 0 fully saturated rings. The van der Waals surface area contributed by atoms with Gasteiger partial charge in [0.2, 0.25) is 0 Å². The van der Waals surface area contributed by atoms with Gasteiger partial charge in [-0.05, 0) is 121 Å². The van der Waals surface area contributed by atoms with Crippen molar-refractivity contribution in [2.24, 2.45) is 0 Å². The summed E-state index contributed by atoms with van der Waals surface area (Å²) in [6.45, 7) is 21.9. The number of nitrogen functional groups attached to an aromatic ring is 2. The molecule has 4 heteroatoms. The number of aryl methyl sites for hydroxylation is 2. The van der Waals surface area contributed by atoms with E-state index in [-0.39, 0.29) is 10.8 Å². The molecular formula is C42H48N2O2. The van der Waals surface area contributed by atoms with Crippen molar-refractivity contribution in [2.75, 3.05) is 11.5 Å². The maximum absolute atomic E-state index is 6.34. The fraction of sp³-hybridized carbons (Fsp3) is 0.286. The van der Waals surface area contributed by atoms with E-state index in [1.807, 2.05) is 50.2 Å². The molecule has 0 aromatic heterocycles. The molecule has 5 aromatic rings. The van der Waals surface area contributed by atoms with Gasteiger partial charge in [-0.25, -0.2) is 0 Å². The number of ether oxygens (including phenoxy) is 2. The summed E-state index contributed by atoms with van der Waals surface area (Å²) in [5.74, 6) is 3.29. The standard InChI is InChI=1S/C42H48N2O2/c1-25-11-17-33(43)23-39(25)45-37-21-19-35(27(3)29(37)5)41(7,8)31-13-15-32(16-14-31)42(9,10)36-20-22-38(30(6)28(36)4)46-40-24-34(44)18-12-26(40)2/h11-24H,43-44H2,1-10H3. The zero-order chi connectivity index (χ0) is 33.6. The van der Waals surface area contributed by atoms with Crippen LogP contribution < -0.4 is 20.9 Å². The highest BCUT2D eigenvalue weighted by atomic mass is 16.5. The van der Waals surface area contributed by atoms with Gasteiger partial charge in [0.15, 0.2) is 0 Å². The Morgan fingerprint density at radius 1 is 0.413 bits per heavy atom. The minimum Gasteiger partial charge on any atom is -0.457 e. The van der Waals surface area contributed by atoms with E-state index in [2.05, 4.69) is 104 Å². The van der Waals surface area contributed by atoms with Crippen molar-refractivity contribution in [3.8, 4) is 23.0 Å². The van der Waals surface area contributed by atoms with Crippen LogP contribution >= 0.6 is 0 Å². The average Bonchev–Trinajstić information content (AvgIpc) is 3.01. The quantitative estimate of drug-likeness (QED) is 0.171. The Morgan fingerprint density at radius 3 is 1.11 bits per heavy atom. The molecule has 0 spiro atoms. The van der Waals surface area contributed by atoms with Gasteiger partial charge in [-0.2, -0.15) is 0 Å². The van der Waals surface area contributed by atoms with Crippen LogP contribution in [0.15, 0.2) is 84.9 Å². The van der Waals surface area contributed by atoms with E-state index in [0.29, 0.717) is 11.4 Å². The average molecular weight is 613 g/mol. The Hall–Kier alpha value is -4.70. The highest BCUT2D eigenvalue weighted by Crippen LogP contribution is 2.42. The van der Waals surface area contributed by atoms with E-state index >= 15 is 0 Å². The predicted molar refractivity (Wildman–Crippen MR) is 194 cm³/mol. The van der Waals surface area contributed by atoms with Gasteiger partial charge in [0.25, 0.3) is 0 Å². The van der Waals surface area contributed by atoms with E-state index in [0.717, 1.165) is 45.3 Å². The molecular weight excluding hydrogens is 564 g/mol. The molecule has 4 nitrogen and oxygen atoms in total. The molecule has 0 unspecified atom stereocenters. The first-order valence-corrected chi connectivity index (χ1v) is 16.0. The van der Waals surface area contributed by atoms with Gasteiger partial charge in [0.05, 0.1) is 0 Å². The van der Waals surface area contributed by atoms with Gasteiger partial charge >= 0.3 is 0 Å². The molecule has 4 N–H and O–H groups in total. The number of nitrogens with two attached hydrogens (primary N) is 2. The molecule has 5 aromatic carbocycles. The van der Waals surface area contributed by atoms with Crippen molar-refractivity contribution < 1.29 is 9.47 Å². The van der Waals surface area contributed by atoms with Gasteiger partial charge in [0, 0.05) is 34.3 Å². The van der Waals surface area contributed by atoms with Crippen molar-refractivity contribution >= 4 is 11.4 Å². The summed E-state index contributed by atoms with van der Waals surface area (Å²) in [5.41, 5.74) is 25.0. The third kappa shape index (κ3) is 6.09. The van der Waals surface area contributed by atoms with Gasteiger partial charge in [-0.3, -0.25) is 0 Å². The van der Waals surface area contributed by atoms with Gasteiger partial charge in [-0.15, -0.1) is 0 Å². The molecule has 0 bridgehead atoms. The number of benzene rings is 5. The Labute approximate surface area is 275 Å². The fourth-order valence-corrected chi connectivity index (χ4v) is 6.47. The van der Waals surface area contributed by atoms with Crippen LogP contribution in [0.3, 0.4) is 0 Å². The maximum atomic E-state index is 6.34. The topological polar surface area (TPSA) is 70.5 Å². The SMILES string of the molecule is Cc1ccc(N)cc1Oc1ccc(C(C)(C)c2ccc(C(C)(C)c3ccc(Oc4cc(N)ccc4C)c(C)c3C)cc2)c(C)c1C. The van der Waals surface area contributed by atoms with Crippen molar-refractivity contribution in [3.63, 3.8) is 0 Å².